The lowest BCUT2D eigenvalue weighted by Crippen LogP contribution is -2.47. The lowest BCUT2D eigenvalue weighted by Gasteiger charge is -2.26. The number of hydrogen-bond acceptors (Lipinski definition) is 4. The van der Waals surface area contributed by atoms with Gasteiger partial charge < -0.3 is 5.11 Å². The minimum Gasteiger partial charge on any atom is -0.480 e. The fourth-order valence-electron chi connectivity index (χ4n) is 1.47. The summed E-state index contributed by atoms with van der Waals surface area (Å²) in [6, 6.07) is -0.496. The van der Waals surface area contributed by atoms with Gasteiger partial charge in [0.2, 0.25) is 0 Å². The van der Waals surface area contributed by atoms with Crippen LogP contribution in [0.3, 0.4) is 0 Å². The van der Waals surface area contributed by atoms with Crippen LogP contribution in [-0.2, 0) is 4.79 Å². The minimum atomic E-state index is -0.789. The predicted octanol–water partition coefficient (Wildman–Crippen LogP) is 1.59. The molecule has 0 radical (unpaired) electrons. The van der Waals surface area contributed by atoms with E-state index >= 15 is 0 Å². The van der Waals surface area contributed by atoms with Gasteiger partial charge in [0.1, 0.15) is 6.04 Å². The first-order chi connectivity index (χ1) is 6.14. The quantitative estimate of drug-likeness (QED) is 0.636. The van der Waals surface area contributed by atoms with Crippen LogP contribution in [0.2, 0.25) is 0 Å². The van der Waals surface area contributed by atoms with Gasteiger partial charge in [-0.1, -0.05) is 0 Å². The van der Waals surface area contributed by atoms with E-state index in [0.717, 1.165) is 0 Å². The second kappa shape index (κ2) is 3.61. The summed E-state index contributed by atoms with van der Waals surface area (Å²) in [5, 5.41) is 12.2. The summed E-state index contributed by atoms with van der Waals surface area (Å²) in [6.45, 7) is 7.87. The van der Waals surface area contributed by atoms with Gasteiger partial charge in [-0.2, -0.15) is 12.6 Å². The fourth-order valence-corrected chi connectivity index (χ4v) is 3.11. The van der Waals surface area contributed by atoms with Gasteiger partial charge in [0, 0.05) is 9.49 Å². The van der Waals surface area contributed by atoms with Crippen molar-refractivity contribution in [2.45, 2.75) is 48.6 Å². The third-order valence-electron chi connectivity index (χ3n) is 2.32. The van der Waals surface area contributed by atoms with Gasteiger partial charge >= 0.3 is 5.97 Å². The topological polar surface area (TPSA) is 49.3 Å². The Bertz CT molecular complexity index is 248. The van der Waals surface area contributed by atoms with Gasteiger partial charge in [-0.05, 0) is 27.7 Å². The fraction of sp³-hybridized carbons (Fsp3) is 0.889. The third kappa shape index (κ3) is 2.38. The number of nitrogens with one attached hydrogen (secondary N) is 1. The molecule has 2 unspecified atom stereocenters. The van der Waals surface area contributed by atoms with Gasteiger partial charge in [-0.15, -0.1) is 11.8 Å². The van der Waals surface area contributed by atoms with Gasteiger partial charge in [0.05, 0.1) is 5.37 Å². The third-order valence-corrected chi connectivity index (χ3v) is 4.56. The summed E-state index contributed by atoms with van der Waals surface area (Å²) in [7, 11) is 0. The maximum absolute atomic E-state index is 11.0. The van der Waals surface area contributed by atoms with Crippen molar-refractivity contribution in [2.75, 3.05) is 0 Å². The molecule has 1 fully saturated rings. The Hall–Kier alpha value is 0.130. The first-order valence-corrected chi connectivity index (χ1v) is 5.86. The molecule has 1 heterocycles. The molecule has 1 rings (SSSR count). The molecule has 0 aromatic carbocycles. The van der Waals surface area contributed by atoms with Crippen molar-refractivity contribution in [2.24, 2.45) is 0 Å². The molecule has 0 bridgehead atoms. The van der Waals surface area contributed by atoms with Crippen molar-refractivity contribution in [1.82, 2.24) is 5.32 Å². The van der Waals surface area contributed by atoms with Crippen LogP contribution in [-0.4, -0.2) is 32.0 Å². The van der Waals surface area contributed by atoms with E-state index in [4.69, 9.17) is 5.11 Å². The van der Waals surface area contributed by atoms with Crippen molar-refractivity contribution in [3.05, 3.63) is 0 Å². The minimum absolute atomic E-state index is 0.0712. The number of carbonyl (C=O) groups is 1. The highest BCUT2D eigenvalue weighted by atomic mass is 32.2. The van der Waals surface area contributed by atoms with Crippen LogP contribution >= 0.6 is 24.4 Å². The second-order valence-corrected chi connectivity index (χ2v) is 7.60. The Labute approximate surface area is 94.4 Å². The van der Waals surface area contributed by atoms with E-state index in [0.29, 0.717) is 0 Å². The molecule has 5 heteroatoms. The smallest absolute Gasteiger partial charge is 0.322 e. The van der Waals surface area contributed by atoms with Crippen LogP contribution in [0.15, 0.2) is 0 Å². The van der Waals surface area contributed by atoms with E-state index in [1.54, 1.807) is 11.8 Å². The number of aliphatic carboxylic acids is 1. The van der Waals surface area contributed by atoms with E-state index < -0.39 is 12.0 Å². The molecule has 3 nitrogen and oxygen atoms in total. The summed E-state index contributed by atoms with van der Waals surface area (Å²) < 4.78 is -0.497. The number of carboxylic acid groups (broad SMARTS) is 1. The molecule has 82 valence electrons. The Morgan fingerprint density at radius 2 is 2.07 bits per heavy atom. The SMILES string of the molecule is CC(C)(S)C1NC(C(=O)O)C(C)(C)S1. The van der Waals surface area contributed by atoms with Crippen molar-refractivity contribution in [3.8, 4) is 0 Å². The number of thioether (sulfide) groups is 1. The maximum Gasteiger partial charge on any atom is 0.322 e. The average molecular weight is 235 g/mol. The van der Waals surface area contributed by atoms with Crippen LogP contribution in [0.4, 0.5) is 0 Å². The Kier molecular flexibility index (Phi) is 3.15. The Morgan fingerprint density at radius 3 is 2.29 bits per heavy atom. The molecule has 2 N–H and O–H groups in total. The van der Waals surface area contributed by atoms with Crippen molar-refractivity contribution >= 4 is 30.4 Å². The molecule has 1 aliphatic heterocycles. The molecule has 1 aliphatic rings. The lowest BCUT2D eigenvalue weighted by atomic mass is 10.0. The number of hydrogen-bond donors (Lipinski definition) is 3. The van der Waals surface area contributed by atoms with Crippen molar-refractivity contribution < 1.29 is 9.90 Å². The van der Waals surface area contributed by atoms with Gasteiger partial charge in [0.15, 0.2) is 0 Å². The zero-order valence-corrected chi connectivity index (χ0v) is 10.6. The Morgan fingerprint density at radius 1 is 1.57 bits per heavy atom. The molecule has 0 saturated carbocycles. The number of carboxylic acids is 1. The highest BCUT2D eigenvalue weighted by molar-refractivity contribution is 8.02. The van der Waals surface area contributed by atoms with E-state index in [9.17, 15) is 4.79 Å². The van der Waals surface area contributed by atoms with E-state index in [1.807, 2.05) is 27.7 Å². The summed E-state index contributed by atoms with van der Waals surface area (Å²) in [5.74, 6) is -0.789. The summed E-state index contributed by atoms with van der Waals surface area (Å²) in [6.07, 6.45) is 0. The highest BCUT2D eigenvalue weighted by Crippen LogP contribution is 2.43. The van der Waals surface area contributed by atoms with Crippen molar-refractivity contribution in [3.63, 3.8) is 0 Å². The zero-order chi connectivity index (χ0) is 11.1. The van der Waals surface area contributed by atoms with Crippen LogP contribution in [0.25, 0.3) is 0 Å². The molecule has 0 aliphatic carbocycles. The Balaban J connectivity index is 2.82. The normalized spacial score (nSPS) is 31.8. The average Bonchev–Trinajstić information content (AvgIpc) is 2.23. The highest BCUT2D eigenvalue weighted by Gasteiger charge is 2.48. The predicted molar refractivity (Wildman–Crippen MR) is 63.1 cm³/mol. The standard InChI is InChI=1S/C9H17NO2S2/c1-8(2,13)7-10-5(6(11)12)9(3,4)14-7/h5,7,10,13H,1-4H3,(H,11,12). The molecule has 0 amide bonds. The molecule has 1 saturated heterocycles. The largest absolute Gasteiger partial charge is 0.480 e. The van der Waals surface area contributed by atoms with Gasteiger partial charge in [-0.25, -0.2) is 0 Å². The molecule has 0 spiro atoms. The molecular weight excluding hydrogens is 218 g/mol. The van der Waals surface area contributed by atoms with Crippen LogP contribution < -0.4 is 5.32 Å². The lowest BCUT2D eigenvalue weighted by molar-refractivity contribution is -0.139. The molecular formula is C9H17NO2S2. The van der Waals surface area contributed by atoms with E-state index in [-0.39, 0.29) is 14.9 Å². The summed E-state index contributed by atoms with van der Waals surface area (Å²) in [5.41, 5.74) is 0. The first-order valence-electron chi connectivity index (χ1n) is 4.53. The zero-order valence-electron chi connectivity index (χ0n) is 8.87. The van der Waals surface area contributed by atoms with Crippen molar-refractivity contribution in [1.29, 1.82) is 0 Å². The number of rotatable bonds is 2. The van der Waals surface area contributed by atoms with Crippen LogP contribution in [0.5, 0.6) is 0 Å². The molecule has 0 aromatic rings. The number of thiol groups is 1. The second-order valence-electron chi connectivity index (χ2n) is 4.69. The molecule has 2 atom stereocenters. The van der Waals surface area contributed by atoms with E-state index in [1.165, 1.54) is 0 Å². The monoisotopic (exact) mass is 235 g/mol. The van der Waals surface area contributed by atoms with Gasteiger partial charge in [0.25, 0.3) is 0 Å². The summed E-state index contributed by atoms with van der Waals surface area (Å²) in [4.78, 5) is 11.0. The van der Waals surface area contributed by atoms with Gasteiger partial charge in [-0.3, -0.25) is 10.1 Å². The molecule has 14 heavy (non-hydrogen) atoms. The maximum atomic E-state index is 11.0. The van der Waals surface area contributed by atoms with Crippen LogP contribution in [0.1, 0.15) is 27.7 Å². The summed E-state index contributed by atoms with van der Waals surface area (Å²) >= 11 is 6.10. The first kappa shape index (κ1) is 12.2. The van der Waals surface area contributed by atoms with E-state index in [2.05, 4.69) is 17.9 Å². The molecule has 0 aromatic heterocycles. The van der Waals surface area contributed by atoms with Crippen LogP contribution in [0, 0.1) is 0 Å².